The molecule has 0 atom stereocenters. The lowest BCUT2D eigenvalue weighted by Crippen LogP contribution is -2.29. The van der Waals surface area contributed by atoms with E-state index in [0.717, 1.165) is 46.5 Å². The van der Waals surface area contributed by atoms with E-state index in [1.807, 2.05) is 24.3 Å². The summed E-state index contributed by atoms with van der Waals surface area (Å²) in [7, 11) is 0. The van der Waals surface area contributed by atoms with Gasteiger partial charge in [0, 0.05) is 22.5 Å². The molecule has 0 amide bonds. The van der Waals surface area contributed by atoms with Crippen molar-refractivity contribution < 1.29 is 0 Å². The predicted octanol–water partition coefficient (Wildman–Crippen LogP) is 24.2. The summed E-state index contributed by atoms with van der Waals surface area (Å²) in [5.41, 5.74) is 27.1. The molecular weight excluding hydrogens is 1060 g/mol. The molecular formula is C87H83N. The van der Waals surface area contributed by atoms with Crippen molar-refractivity contribution in [2.24, 2.45) is 0 Å². The van der Waals surface area contributed by atoms with Gasteiger partial charge in [0.2, 0.25) is 0 Å². The molecule has 1 nitrogen and oxygen atoms in total. The first kappa shape index (κ1) is 58.0. The predicted molar refractivity (Wildman–Crippen MR) is 378 cm³/mol. The third-order valence-electron chi connectivity index (χ3n) is 20.3. The standard InChI is InChI=1S/C87H83N/c1-7-13-15-17-19-27-57-85(58-28-20-18-16-14-8-2)79-32-24-21-29-73(79)76-54-51-70(59-82(76)85)88(71-52-55-77-74-30-22-25-33-80(74)86(83(77)60-71,66-43-35-62(9-3)36-44-66)67-45-37-63(10-4)38-46-67)72-53-56-78-75-31-23-26-34-81(75)87(84(78)61-72,68-47-39-64(11-5)40-48-68)69-49-41-65(12-6)42-50-69/h9-12,21-26,29-56,59-61H,3-8,13-20,27-28,57-58H2,1-2H3. The molecule has 436 valence electrons. The monoisotopic (exact) mass is 1140 g/mol. The van der Waals surface area contributed by atoms with Gasteiger partial charge in [0.25, 0.3) is 0 Å². The zero-order valence-corrected chi connectivity index (χ0v) is 51.8. The number of nitrogens with zero attached hydrogens (tertiary/aromatic N) is 1. The van der Waals surface area contributed by atoms with Crippen LogP contribution in [0.5, 0.6) is 0 Å². The molecule has 0 N–H and O–H groups in total. The van der Waals surface area contributed by atoms with Crippen molar-refractivity contribution in [3.05, 3.63) is 329 Å². The summed E-state index contributed by atoms with van der Waals surface area (Å²) in [6.07, 6.45) is 25.4. The largest absolute Gasteiger partial charge is 0.310 e. The highest BCUT2D eigenvalue weighted by atomic mass is 15.1. The van der Waals surface area contributed by atoms with Crippen molar-refractivity contribution in [3.8, 4) is 33.4 Å². The molecule has 0 saturated heterocycles. The van der Waals surface area contributed by atoms with Crippen LogP contribution in [-0.4, -0.2) is 0 Å². The molecule has 0 radical (unpaired) electrons. The van der Waals surface area contributed by atoms with Gasteiger partial charge < -0.3 is 4.90 Å². The molecule has 3 aliphatic carbocycles. The Kier molecular flexibility index (Phi) is 16.5. The number of unbranched alkanes of at least 4 members (excludes halogenated alkanes) is 10. The minimum absolute atomic E-state index is 0.114. The molecule has 0 unspecified atom stereocenters. The number of hydrogen-bond acceptors (Lipinski definition) is 1. The molecule has 0 bridgehead atoms. The Bertz CT molecular complexity index is 3860. The van der Waals surface area contributed by atoms with Crippen molar-refractivity contribution in [2.75, 3.05) is 4.90 Å². The van der Waals surface area contributed by atoms with Gasteiger partial charge in [0.1, 0.15) is 0 Å². The van der Waals surface area contributed by atoms with Crippen LogP contribution in [0, 0.1) is 0 Å². The van der Waals surface area contributed by atoms with Crippen molar-refractivity contribution in [1.29, 1.82) is 0 Å². The van der Waals surface area contributed by atoms with Crippen LogP contribution in [-0.2, 0) is 16.2 Å². The summed E-state index contributed by atoms with van der Waals surface area (Å²) in [6.45, 7) is 21.4. The molecule has 0 aliphatic heterocycles. The second-order valence-corrected chi connectivity index (χ2v) is 25.1. The normalized spacial score (nSPS) is 14.0. The first-order valence-electron chi connectivity index (χ1n) is 32.8. The number of rotatable bonds is 25. The van der Waals surface area contributed by atoms with Gasteiger partial charge in [-0.3, -0.25) is 0 Å². The van der Waals surface area contributed by atoms with Crippen molar-refractivity contribution >= 4 is 41.4 Å². The maximum Gasteiger partial charge on any atom is 0.0714 e. The lowest BCUT2D eigenvalue weighted by atomic mass is 9.67. The van der Waals surface area contributed by atoms with Gasteiger partial charge in [0.05, 0.1) is 10.8 Å². The van der Waals surface area contributed by atoms with Crippen LogP contribution in [0.15, 0.2) is 251 Å². The van der Waals surface area contributed by atoms with Crippen molar-refractivity contribution in [3.63, 3.8) is 0 Å². The molecule has 3 aliphatic rings. The second-order valence-electron chi connectivity index (χ2n) is 25.1. The lowest BCUT2D eigenvalue weighted by molar-refractivity contribution is 0.398. The van der Waals surface area contributed by atoms with Gasteiger partial charge in [0.15, 0.2) is 0 Å². The fraction of sp³-hybridized carbons (Fsp3) is 0.218. The highest BCUT2D eigenvalue weighted by molar-refractivity contribution is 5.94. The fourth-order valence-corrected chi connectivity index (χ4v) is 16.0. The average molecular weight is 1140 g/mol. The highest BCUT2D eigenvalue weighted by Gasteiger charge is 2.49. The summed E-state index contributed by atoms with van der Waals surface area (Å²) >= 11 is 0. The lowest BCUT2D eigenvalue weighted by Gasteiger charge is -2.36. The van der Waals surface area contributed by atoms with E-state index in [-0.39, 0.29) is 5.41 Å². The molecule has 10 aromatic carbocycles. The second kappa shape index (κ2) is 25.0. The summed E-state index contributed by atoms with van der Waals surface area (Å²) < 4.78 is 0. The van der Waals surface area contributed by atoms with Crippen LogP contribution in [0.4, 0.5) is 17.1 Å². The zero-order chi connectivity index (χ0) is 60.2. The third-order valence-corrected chi connectivity index (χ3v) is 20.3. The Balaban J connectivity index is 1.08. The summed E-state index contributed by atoms with van der Waals surface area (Å²) in [6, 6.07) is 86.6. The first-order valence-corrected chi connectivity index (χ1v) is 32.8. The molecule has 0 spiro atoms. The highest BCUT2D eigenvalue weighted by Crippen LogP contribution is 2.61. The molecule has 0 fully saturated rings. The Morgan fingerprint density at radius 1 is 0.284 bits per heavy atom. The molecule has 1 heteroatoms. The van der Waals surface area contributed by atoms with Crippen LogP contribution >= 0.6 is 0 Å². The van der Waals surface area contributed by atoms with Crippen LogP contribution in [0.25, 0.3) is 57.7 Å². The van der Waals surface area contributed by atoms with Crippen LogP contribution < -0.4 is 4.90 Å². The Morgan fingerprint density at radius 3 is 0.920 bits per heavy atom. The van der Waals surface area contributed by atoms with Gasteiger partial charge in [-0.1, -0.05) is 330 Å². The van der Waals surface area contributed by atoms with E-state index in [1.165, 1.54) is 172 Å². The van der Waals surface area contributed by atoms with Gasteiger partial charge >= 0.3 is 0 Å². The van der Waals surface area contributed by atoms with Crippen LogP contribution in [0.1, 0.15) is 182 Å². The minimum Gasteiger partial charge on any atom is -0.310 e. The number of fused-ring (bicyclic) bond motifs is 9. The van der Waals surface area contributed by atoms with E-state index < -0.39 is 10.8 Å². The van der Waals surface area contributed by atoms with E-state index >= 15 is 0 Å². The van der Waals surface area contributed by atoms with E-state index in [9.17, 15) is 0 Å². The Morgan fingerprint density at radius 2 is 0.568 bits per heavy atom. The molecule has 0 aromatic heterocycles. The van der Waals surface area contributed by atoms with Crippen molar-refractivity contribution in [2.45, 2.75) is 120 Å². The molecule has 0 saturated carbocycles. The first-order chi connectivity index (χ1) is 43.3. The van der Waals surface area contributed by atoms with Gasteiger partial charge in [-0.15, -0.1) is 0 Å². The molecule has 0 heterocycles. The third kappa shape index (κ3) is 9.79. The minimum atomic E-state index is -0.653. The Labute approximate surface area is 525 Å². The topological polar surface area (TPSA) is 3.24 Å². The molecule has 13 rings (SSSR count). The van der Waals surface area contributed by atoms with Crippen LogP contribution in [0.3, 0.4) is 0 Å². The van der Waals surface area contributed by atoms with Crippen LogP contribution in [0.2, 0.25) is 0 Å². The fourth-order valence-electron chi connectivity index (χ4n) is 16.0. The zero-order valence-electron chi connectivity index (χ0n) is 51.8. The van der Waals surface area contributed by atoms with E-state index in [2.05, 4.69) is 270 Å². The summed E-state index contributed by atoms with van der Waals surface area (Å²) in [5.74, 6) is 0. The van der Waals surface area contributed by atoms with Crippen molar-refractivity contribution in [1.82, 2.24) is 0 Å². The maximum absolute atomic E-state index is 4.18. The van der Waals surface area contributed by atoms with E-state index in [4.69, 9.17) is 0 Å². The smallest absolute Gasteiger partial charge is 0.0714 e. The van der Waals surface area contributed by atoms with E-state index in [1.54, 1.807) is 0 Å². The van der Waals surface area contributed by atoms with Gasteiger partial charge in [-0.25, -0.2) is 0 Å². The molecule has 88 heavy (non-hydrogen) atoms. The summed E-state index contributed by atoms with van der Waals surface area (Å²) in [4.78, 5) is 2.62. The SMILES string of the molecule is C=Cc1ccc(C2(c3ccc(C=C)cc3)c3ccccc3-c3ccc(N(c4ccc5c(c4)C(CCCCCCCC)(CCCCCCCC)c4ccccc4-5)c4ccc5c(c4)C(c4ccc(C=C)cc4)(c4ccc(C=C)cc4)c4ccccc4-5)cc32)cc1. The maximum atomic E-state index is 4.18. The van der Waals surface area contributed by atoms with Gasteiger partial charge in [-0.2, -0.15) is 0 Å². The van der Waals surface area contributed by atoms with Gasteiger partial charge in [-0.05, 0) is 161 Å². The quantitative estimate of drug-likeness (QED) is 0.0516. The van der Waals surface area contributed by atoms with E-state index in [0.29, 0.717) is 0 Å². The molecule has 10 aromatic rings. The number of anilines is 3. The summed E-state index contributed by atoms with van der Waals surface area (Å²) in [5, 5.41) is 0. The Hall–Kier alpha value is -9.04. The average Bonchev–Trinajstić information content (AvgIpc) is 1.55. The number of benzene rings is 10. The number of hydrogen-bond donors (Lipinski definition) is 0.